The van der Waals surface area contributed by atoms with E-state index >= 15 is 0 Å². The van der Waals surface area contributed by atoms with Crippen molar-refractivity contribution >= 4 is 0 Å². The average molecular weight is 401 g/mol. The van der Waals surface area contributed by atoms with Crippen molar-refractivity contribution in [3.8, 4) is 5.75 Å². The van der Waals surface area contributed by atoms with Crippen LogP contribution in [0.15, 0.2) is 84.9 Å². The summed E-state index contributed by atoms with van der Waals surface area (Å²) in [5.41, 5.74) is 3.83. The van der Waals surface area contributed by atoms with E-state index in [1.165, 1.54) is 11.1 Å². The van der Waals surface area contributed by atoms with E-state index in [4.69, 9.17) is 0 Å². The number of hydrogen-bond acceptors (Lipinski definition) is 3. The van der Waals surface area contributed by atoms with Crippen LogP contribution in [-0.4, -0.2) is 46.6 Å². The van der Waals surface area contributed by atoms with Gasteiger partial charge in [0, 0.05) is 31.7 Å². The van der Waals surface area contributed by atoms with Crippen LogP contribution in [-0.2, 0) is 6.42 Å². The number of nitrogens with zero attached hydrogens (tertiary/aromatic N) is 2. The van der Waals surface area contributed by atoms with Crippen molar-refractivity contribution in [1.82, 2.24) is 9.80 Å². The summed E-state index contributed by atoms with van der Waals surface area (Å²) in [5.74, 6) is 0.329. The Morgan fingerprint density at radius 3 is 2.17 bits per heavy atom. The summed E-state index contributed by atoms with van der Waals surface area (Å²) >= 11 is 0. The van der Waals surface area contributed by atoms with Crippen molar-refractivity contribution in [1.29, 1.82) is 0 Å². The Hall–Kier alpha value is -2.62. The first-order valence-electron chi connectivity index (χ1n) is 11.0. The van der Waals surface area contributed by atoms with Crippen LogP contribution in [0.1, 0.15) is 36.6 Å². The first-order valence-corrected chi connectivity index (χ1v) is 11.0. The van der Waals surface area contributed by atoms with Crippen molar-refractivity contribution in [2.24, 2.45) is 0 Å². The molecule has 3 heteroatoms. The van der Waals surface area contributed by atoms with Crippen molar-refractivity contribution in [2.75, 3.05) is 19.6 Å². The third-order valence-corrected chi connectivity index (χ3v) is 6.33. The molecule has 0 bridgehead atoms. The Balaban J connectivity index is 1.54. The molecule has 1 aliphatic rings. The van der Waals surface area contributed by atoms with Gasteiger partial charge in [-0.3, -0.25) is 9.80 Å². The quantitative estimate of drug-likeness (QED) is 0.622. The molecule has 0 saturated carbocycles. The molecule has 0 aliphatic carbocycles. The lowest BCUT2D eigenvalue weighted by molar-refractivity contribution is 0.0247. The largest absolute Gasteiger partial charge is 0.508 e. The number of piperazine rings is 1. The van der Waals surface area contributed by atoms with Gasteiger partial charge in [0.2, 0.25) is 0 Å². The van der Waals surface area contributed by atoms with Gasteiger partial charge in [-0.05, 0) is 49.1 Å². The molecule has 1 aliphatic heterocycles. The summed E-state index contributed by atoms with van der Waals surface area (Å²) < 4.78 is 0. The zero-order valence-electron chi connectivity index (χ0n) is 18.0. The maximum absolute atomic E-state index is 10.1. The standard InChI is InChI=1S/C27H32N2O/c1-21-20-29(22(2)19-28(21)17-16-23-10-5-3-6-11-23)27(24-12-7-4-8-13-24)25-14-9-15-26(30)18-25/h3-15,18,21-22,27,30H,16-17,19-20H2,1-2H3/t21-,22+,27+/m0/s1. The molecule has 3 aromatic rings. The molecule has 1 N–H and O–H groups in total. The molecule has 3 nitrogen and oxygen atoms in total. The molecule has 4 rings (SSSR count). The average Bonchev–Trinajstić information content (AvgIpc) is 2.77. The maximum Gasteiger partial charge on any atom is 0.115 e. The smallest absolute Gasteiger partial charge is 0.115 e. The predicted molar refractivity (Wildman–Crippen MR) is 124 cm³/mol. The summed E-state index contributed by atoms with van der Waals surface area (Å²) in [6.45, 7) is 7.82. The van der Waals surface area contributed by atoms with E-state index in [9.17, 15) is 5.11 Å². The highest BCUT2D eigenvalue weighted by Crippen LogP contribution is 2.34. The molecule has 0 spiro atoms. The summed E-state index contributed by atoms with van der Waals surface area (Å²) in [6.07, 6.45) is 1.09. The summed E-state index contributed by atoms with van der Waals surface area (Å²) in [4.78, 5) is 5.23. The number of aromatic hydroxyl groups is 1. The third-order valence-electron chi connectivity index (χ3n) is 6.33. The highest BCUT2D eigenvalue weighted by atomic mass is 16.3. The van der Waals surface area contributed by atoms with E-state index in [0.29, 0.717) is 17.8 Å². The van der Waals surface area contributed by atoms with Crippen LogP contribution >= 0.6 is 0 Å². The fourth-order valence-corrected chi connectivity index (χ4v) is 4.72. The highest BCUT2D eigenvalue weighted by molar-refractivity contribution is 5.36. The molecule has 1 fully saturated rings. The summed E-state index contributed by atoms with van der Waals surface area (Å²) in [6, 6.07) is 30.2. The summed E-state index contributed by atoms with van der Waals surface area (Å²) in [7, 11) is 0. The lowest BCUT2D eigenvalue weighted by atomic mass is 9.93. The number of phenolic OH excluding ortho intramolecular Hbond substituents is 1. The molecule has 156 valence electrons. The lowest BCUT2D eigenvalue weighted by Gasteiger charge is -2.47. The second-order valence-electron chi connectivity index (χ2n) is 8.53. The van der Waals surface area contributed by atoms with Crippen LogP contribution in [0.5, 0.6) is 5.75 Å². The zero-order chi connectivity index (χ0) is 20.9. The van der Waals surface area contributed by atoms with E-state index in [2.05, 4.69) is 90.4 Å². The first-order chi connectivity index (χ1) is 14.6. The fourth-order valence-electron chi connectivity index (χ4n) is 4.72. The van der Waals surface area contributed by atoms with E-state index in [1.807, 2.05) is 12.1 Å². The minimum atomic E-state index is 0.145. The van der Waals surface area contributed by atoms with Crippen molar-refractivity contribution in [3.05, 3.63) is 102 Å². The Morgan fingerprint density at radius 1 is 0.800 bits per heavy atom. The normalized spacial score (nSPS) is 21.4. The molecular weight excluding hydrogens is 368 g/mol. The van der Waals surface area contributed by atoms with Crippen LogP contribution < -0.4 is 0 Å². The van der Waals surface area contributed by atoms with Crippen LogP contribution in [0.25, 0.3) is 0 Å². The van der Waals surface area contributed by atoms with Gasteiger partial charge in [-0.25, -0.2) is 0 Å². The van der Waals surface area contributed by atoms with E-state index in [0.717, 1.165) is 31.6 Å². The van der Waals surface area contributed by atoms with E-state index in [-0.39, 0.29) is 6.04 Å². The van der Waals surface area contributed by atoms with Gasteiger partial charge < -0.3 is 5.11 Å². The van der Waals surface area contributed by atoms with Crippen LogP contribution in [0, 0.1) is 0 Å². The maximum atomic E-state index is 10.1. The molecule has 0 amide bonds. The number of benzene rings is 3. The Morgan fingerprint density at radius 2 is 1.47 bits per heavy atom. The monoisotopic (exact) mass is 400 g/mol. The van der Waals surface area contributed by atoms with Gasteiger partial charge in [0.1, 0.15) is 5.75 Å². The Bertz CT molecular complexity index is 928. The molecule has 3 atom stereocenters. The van der Waals surface area contributed by atoms with E-state index in [1.54, 1.807) is 6.07 Å². The Kier molecular flexibility index (Phi) is 6.51. The van der Waals surface area contributed by atoms with Crippen LogP contribution in [0.4, 0.5) is 0 Å². The SMILES string of the molecule is C[C@@H]1CN(CCc2ccccc2)[C@@H](C)CN1[C@H](c1ccccc1)c1cccc(O)c1. The van der Waals surface area contributed by atoms with Gasteiger partial charge in [0.25, 0.3) is 0 Å². The van der Waals surface area contributed by atoms with Gasteiger partial charge >= 0.3 is 0 Å². The predicted octanol–water partition coefficient (Wildman–Crippen LogP) is 5.12. The molecule has 0 radical (unpaired) electrons. The minimum absolute atomic E-state index is 0.145. The summed E-state index contributed by atoms with van der Waals surface area (Å²) in [5, 5.41) is 10.1. The minimum Gasteiger partial charge on any atom is -0.508 e. The highest BCUT2D eigenvalue weighted by Gasteiger charge is 2.34. The second-order valence-corrected chi connectivity index (χ2v) is 8.53. The second kappa shape index (κ2) is 9.46. The van der Waals surface area contributed by atoms with Crippen molar-refractivity contribution < 1.29 is 5.11 Å². The molecule has 3 aromatic carbocycles. The molecule has 1 saturated heterocycles. The molecular formula is C27H32N2O. The van der Waals surface area contributed by atoms with Gasteiger partial charge in [0.15, 0.2) is 0 Å². The zero-order valence-corrected chi connectivity index (χ0v) is 18.0. The number of rotatable bonds is 6. The van der Waals surface area contributed by atoms with Crippen molar-refractivity contribution in [3.63, 3.8) is 0 Å². The molecule has 0 unspecified atom stereocenters. The van der Waals surface area contributed by atoms with Crippen LogP contribution in [0.2, 0.25) is 0 Å². The third kappa shape index (κ3) is 4.75. The lowest BCUT2D eigenvalue weighted by Crippen LogP contribution is -2.57. The Labute approximate surface area is 180 Å². The van der Waals surface area contributed by atoms with Gasteiger partial charge in [-0.2, -0.15) is 0 Å². The van der Waals surface area contributed by atoms with Gasteiger partial charge in [0.05, 0.1) is 6.04 Å². The topological polar surface area (TPSA) is 26.7 Å². The molecule has 1 heterocycles. The van der Waals surface area contributed by atoms with Gasteiger partial charge in [-0.1, -0.05) is 72.8 Å². The first kappa shape index (κ1) is 20.6. The molecule has 0 aromatic heterocycles. The number of hydrogen-bond donors (Lipinski definition) is 1. The number of phenols is 1. The van der Waals surface area contributed by atoms with E-state index < -0.39 is 0 Å². The molecule has 30 heavy (non-hydrogen) atoms. The van der Waals surface area contributed by atoms with Crippen LogP contribution in [0.3, 0.4) is 0 Å². The van der Waals surface area contributed by atoms with Crippen molar-refractivity contribution in [2.45, 2.75) is 38.4 Å². The fraction of sp³-hybridized carbons (Fsp3) is 0.333. The van der Waals surface area contributed by atoms with Gasteiger partial charge in [-0.15, -0.1) is 0 Å².